The maximum Gasteiger partial charge on any atom is 0.217 e. The summed E-state index contributed by atoms with van der Waals surface area (Å²) in [6.07, 6.45) is 4.12. The van der Waals surface area contributed by atoms with Crippen LogP contribution in [0, 0.1) is 11.3 Å². The van der Waals surface area contributed by atoms with Gasteiger partial charge in [-0.05, 0) is 36.0 Å². The van der Waals surface area contributed by atoms with Gasteiger partial charge in [-0.15, -0.1) is 0 Å². The van der Waals surface area contributed by atoms with Crippen LogP contribution in [0.15, 0.2) is 18.2 Å². The number of hydrogen-bond acceptors (Lipinski definition) is 2. The number of amides is 1. The number of hydrogen-bond donors (Lipinski definition) is 1. The molecule has 0 bridgehead atoms. The highest BCUT2D eigenvalue weighted by Crippen LogP contribution is 2.23. The summed E-state index contributed by atoms with van der Waals surface area (Å²) >= 11 is 0. The molecule has 3 nitrogen and oxygen atoms in total. The van der Waals surface area contributed by atoms with Crippen molar-refractivity contribution in [3.8, 4) is 6.07 Å². The number of rotatable bonds is 3. The summed E-state index contributed by atoms with van der Waals surface area (Å²) in [5, 5.41) is 11.6. The third-order valence-corrected chi connectivity index (χ3v) is 3.14. The van der Waals surface area contributed by atoms with E-state index in [4.69, 9.17) is 5.26 Å². The van der Waals surface area contributed by atoms with Crippen molar-refractivity contribution in [3.05, 3.63) is 34.9 Å². The summed E-state index contributed by atoms with van der Waals surface area (Å²) in [6.45, 7) is 1.44. The van der Waals surface area contributed by atoms with Gasteiger partial charge in [0.15, 0.2) is 0 Å². The first-order chi connectivity index (χ1) is 8.19. The van der Waals surface area contributed by atoms with Gasteiger partial charge in [0.1, 0.15) is 6.04 Å². The number of benzene rings is 1. The van der Waals surface area contributed by atoms with Crippen molar-refractivity contribution < 1.29 is 4.79 Å². The number of nitriles is 1. The number of carbonyl (C=O) groups excluding carboxylic acids is 1. The van der Waals surface area contributed by atoms with Gasteiger partial charge < -0.3 is 5.32 Å². The smallest absolute Gasteiger partial charge is 0.217 e. The van der Waals surface area contributed by atoms with Crippen molar-refractivity contribution in [1.29, 1.82) is 5.26 Å². The van der Waals surface area contributed by atoms with Gasteiger partial charge in [0.25, 0.3) is 0 Å². The second-order valence-corrected chi connectivity index (χ2v) is 4.54. The largest absolute Gasteiger partial charge is 0.340 e. The lowest BCUT2D eigenvalue weighted by atomic mass is 10.0. The molecule has 1 atom stereocenters. The fourth-order valence-corrected chi connectivity index (χ4v) is 2.36. The number of fused-ring (bicyclic) bond motifs is 1. The molecule has 1 aromatic rings. The second-order valence-electron chi connectivity index (χ2n) is 4.54. The Balaban J connectivity index is 2.08. The van der Waals surface area contributed by atoms with E-state index in [0.717, 1.165) is 12.0 Å². The van der Waals surface area contributed by atoms with E-state index in [1.807, 2.05) is 0 Å². The predicted octanol–water partition coefficient (Wildman–Crippen LogP) is 1.75. The highest BCUT2D eigenvalue weighted by molar-refractivity contribution is 5.73. The van der Waals surface area contributed by atoms with Crippen molar-refractivity contribution in [2.45, 2.75) is 38.6 Å². The minimum Gasteiger partial charge on any atom is -0.340 e. The normalized spacial score (nSPS) is 14.8. The van der Waals surface area contributed by atoms with Crippen LogP contribution >= 0.6 is 0 Å². The molecule has 1 aromatic carbocycles. The molecule has 0 fully saturated rings. The predicted molar refractivity (Wildman–Crippen MR) is 65.4 cm³/mol. The molecule has 0 aromatic heterocycles. The molecule has 1 N–H and O–H groups in total. The lowest BCUT2D eigenvalue weighted by molar-refractivity contribution is -0.119. The van der Waals surface area contributed by atoms with Gasteiger partial charge in [0.2, 0.25) is 5.91 Å². The van der Waals surface area contributed by atoms with E-state index in [9.17, 15) is 4.79 Å². The zero-order valence-corrected chi connectivity index (χ0v) is 9.99. The highest BCUT2D eigenvalue weighted by atomic mass is 16.1. The van der Waals surface area contributed by atoms with Gasteiger partial charge in [-0.1, -0.05) is 18.2 Å². The van der Waals surface area contributed by atoms with Gasteiger partial charge in [0.05, 0.1) is 6.07 Å². The van der Waals surface area contributed by atoms with Crippen molar-refractivity contribution in [2.75, 3.05) is 0 Å². The van der Waals surface area contributed by atoms with Crippen molar-refractivity contribution in [1.82, 2.24) is 5.32 Å². The first kappa shape index (κ1) is 11.7. The molecule has 2 rings (SSSR count). The molecule has 3 heteroatoms. The molecule has 0 heterocycles. The zero-order chi connectivity index (χ0) is 12.3. The van der Waals surface area contributed by atoms with Crippen LogP contribution in [0.1, 0.15) is 30.0 Å². The molecule has 1 aliphatic carbocycles. The standard InChI is InChI=1S/C14H16N2O/c1-10(17)16-14(9-15)8-11-5-6-12-3-2-4-13(12)7-11/h5-7,14H,2-4,8H2,1H3,(H,16,17). The lowest BCUT2D eigenvalue weighted by Crippen LogP contribution is -2.33. The third kappa shape index (κ3) is 2.85. The van der Waals surface area contributed by atoms with Crippen LogP contribution in [-0.2, 0) is 24.1 Å². The number of aryl methyl sites for hydroxylation is 2. The van der Waals surface area contributed by atoms with Gasteiger partial charge in [-0.2, -0.15) is 5.26 Å². The van der Waals surface area contributed by atoms with Gasteiger partial charge in [0, 0.05) is 13.3 Å². The maximum absolute atomic E-state index is 10.9. The minimum atomic E-state index is -0.424. The Morgan fingerprint density at radius 2 is 2.24 bits per heavy atom. The average molecular weight is 228 g/mol. The van der Waals surface area contributed by atoms with Gasteiger partial charge in [-0.3, -0.25) is 4.79 Å². The summed E-state index contributed by atoms with van der Waals surface area (Å²) in [5.41, 5.74) is 3.97. The van der Waals surface area contributed by atoms with E-state index >= 15 is 0 Å². The SMILES string of the molecule is CC(=O)NC(C#N)Cc1ccc2c(c1)CCC2. The minimum absolute atomic E-state index is 0.155. The Bertz CT molecular complexity index is 474. The van der Waals surface area contributed by atoms with Gasteiger partial charge >= 0.3 is 0 Å². The molecular formula is C14H16N2O. The van der Waals surface area contributed by atoms with Crippen LogP contribution in [0.3, 0.4) is 0 Å². The molecule has 17 heavy (non-hydrogen) atoms. The summed E-state index contributed by atoms with van der Waals surface area (Å²) < 4.78 is 0. The first-order valence-electron chi connectivity index (χ1n) is 5.96. The van der Waals surface area contributed by atoms with Crippen LogP contribution in [-0.4, -0.2) is 11.9 Å². The molecule has 0 aliphatic heterocycles. The quantitative estimate of drug-likeness (QED) is 0.856. The number of nitrogens with zero attached hydrogens (tertiary/aromatic N) is 1. The molecule has 1 aliphatic rings. The Morgan fingerprint density at radius 1 is 1.47 bits per heavy atom. The molecule has 0 radical (unpaired) electrons. The van der Waals surface area contributed by atoms with Crippen molar-refractivity contribution in [2.24, 2.45) is 0 Å². The first-order valence-corrected chi connectivity index (χ1v) is 5.96. The monoisotopic (exact) mass is 228 g/mol. The Kier molecular flexibility index (Phi) is 3.43. The summed E-state index contributed by atoms with van der Waals surface area (Å²) in [5.74, 6) is -0.155. The molecule has 1 unspecified atom stereocenters. The van der Waals surface area contributed by atoms with Crippen molar-refractivity contribution in [3.63, 3.8) is 0 Å². The molecule has 88 valence electrons. The van der Waals surface area contributed by atoms with E-state index < -0.39 is 6.04 Å². The fourth-order valence-electron chi connectivity index (χ4n) is 2.36. The molecule has 0 saturated heterocycles. The van der Waals surface area contributed by atoms with E-state index in [-0.39, 0.29) is 5.91 Å². The highest BCUT2D eigenvalue weighted by Gasteiger charge is 2.13. The molecular weight excluding hydrogens is 212 g/mol. The fraction of sp³-hybridized carbons (Fsp3) is 0.429. The summed E-state index contributed by atoms with van der Waals surface area (Å²) in [6, 6.07) is 8.09. The van der Waals surface area contributed by atoms with Crippen LogP contribution in [0.5, 0.6) is 0 Å². The van der Waals surface area contributed by atoms with Crippen LogP contribution in [0.25, 0.3) is 0 Å². The molecule has 0 saturated carbocycles. The summed E-state index contributed by atoms with van der Waals surface area (Å²) in [4.78, 5) is 10.9. The Labute approximate surface area is 101 Å². The van der Waals surface area contributed by atoms with E-state index in [1.54, 1.807) is 0 Å². The summed E-state index contributed by atoms with van der Waals surface area (Å²) in [7, 11) is 0. The van der Waals surface area contributed by atoms with Crippen molar-refractivity contribution >= 4 is 5.91 Å². The maximum atomic E-state index is 10.9. The lowest BCUT2D eigenvalue weighted by Gasteiger charge is -2.11. The second kappa shape index (κ2) is 5.01. The molecule has 1 amide bonds. The van der Waals surface area contributed by atoms with Gasteiger partial charge in [-0.25, -0.2) is 0 Å². The van der Waals surface area contributed by atoms with Crippen LogP contribution in [0.4, 0.5) is 0 Å². The van der Waals surface area contributed by atoms with E-state index in [1.165, 1.54) is 30.9 Å². The van der Waals surface area contributed by atoms with E-state index in [2.05, 4.69) is 29.6 Å². The zero-order valence-electron chi connectivity index (χ0n) is 9.99. The van der Waals surface area contributed by atoms with Crippen LogP contribution < -0.4 is 5.32 Å². The van der Waals surface area contributed by atoms with Crippen LogP contribution in [0.2, 0.25) is 0 Å². The third-order valence-electron chi connectivity index (χ3n) is 3.14. The van der Waals surface area contributed by atoms with E-state index in [0.29, 0.717) is 6.42 Å². The Hall–Kier alpha value is -1.82. The number of nitrogens with one attached hydrogen (secondary N) is 1. The number of carbonyl (C=O) groups is 1. The topological polar surface area (TPSA) is 52.9 Å². The average Bonchev–Trinajstić information content (AvgIpc) is 2.74. The Morgan fingerprint density at radius 3 is 2.94 bits per heavy atom. The molecule has 0 spiro atoms.